The van der Waals surface area contributed by atoms with Gasteiger partial charge in [0.15, 0.2) is 0 Å². The predicted molar refractivity (Wildman–Crippen MR) is 40.9 cm³/mol. The third kappa shape index (κ3) is 0.878. The molecule has 0 N–H and O–H groups in total. The molecule has 1 saturated carbocycles. The number of rotatable bonds is 1. The Morgan fingerprint density at radius 2 is 2.40 bits per heavy atom. The summed E-state index contributed by atoms with van der Waals surface area (Å²) in [6, 6.07) is 0. The number of fused-ring (bicyclic) bond motifs is 1. The number of hydrogen-bond acceptors (Lipinski definition) is 1. The van der Waals surface area contributed by atoms with E-state index in [0.717, 1.165) is 5.92 Å². The van der Waals surface area contributed by atoms with Gasteiger partial charge in [-0.15, -0.1) is 0 Å². The smallest absolute Gasteiger partial charge is 0.0920 e. The SMILES string of the molecule is CCC1CC[C@@]2(C)OC2C1. The zero-order valence-corrected chi connectivity index (χ0v) is 6.89. The van der Waals surface area contributed by atoms with Crippen molar-refractivity contribution in [3.8, 4) is 0 Å². The Balaban J connectivity index is 1.93. The van der Waals surface area contributed by atoms with Crippen molar-refractivity contribution < 1.29 is 4.74 Å². The second-order valence-corrected chi connectivity index (χ2v) is 3.97. The van der Waals surface area contributed by atoms with Crippen molar-refractivity contribution in [1.82, 2.24) is 0 Å². The minimum absolute atomic E-state index is 0.325. The summed E-state index contributed by atoms with van der Waals surface area (Å²) in [4.78, 5) is 0. The van der Waals surface area contributed by atoms with Crippen molar-refractivity contribution >= 4 is 0 Å². The van der Waals surface area contributed by atoms with E-state index in [0.29, 0.717) is 11.7 Å². The zero-order valence-electron chi connectivity index (χ0n) is 6.89. The molecule has 10 heavy (non-hydrogen) atoms. The molecule has 0 aromatic heterocycles. The molecule has 1 heteroatoms. The Bertz CT molecular complexity index is 144. The summed E-state index contributed by atoms with van der Waals surface area (Å²) in [7, 11) is 0. The fourth-order valence-corrected chi connectivity index (χ4v) is 2.09. The molecule has 1 aliphatic heterocycles. The molecule has 0 aromatic rings. The molecule has 0 amide bonds. The Morgan fingerprint density at radius 1 is 1.60 bits per heavy atom. The minimum atomic E-state index is 0.325. The second-order valence-electron chi connectivity index (χ2n) is 3.97. The van der Waals surface area contributed by atoms with Crippen LogP contribution < -0.4 is 0 Å². The number of ether oxygens (including phenoxy) is 1. The van der Waals surface area contributed by atoms with Crippen molar-refractivity contribution in [1.29, 1.82) is 0 Å². The van der Waals surface area contributed by atoms with Gasteiger partial charge in [-0.2, -0.15) is 0 Å². The molecule has 2 fully saturated rings. The van der Waals surface area contributed by atoms with Crippen LogP contribution in [0.4, 0.5) is 0 Å². The lowest BCUT2D eigenvalue weighted by Crippen LogP contribution is -2.20. The topological polar surface area (TPSA) is 12.5 Å². The second kappa shape index (κ2) is 1.97. The third-order valence-corrected chi connectivity index (χ3v) is 3.21. The molecule has 0 spiro atoms. The molecular weight excluding hydrogens is 124 g/mol. The fourth-order valence-electron chi connectivity index (χ4n) is 2.09. The van der Waals surface area contributed by atoms with Gasteiger partial charge in [0.2, 0.25) is 0 Å². The van der Waals surface area contributed by atoms with E-state index < -0.39 is 0 Å². The van der Waals surface area contributed by atoms with Crippen LogP contribution in [0.25, 0.3) is 0 Å². The highest BCUT2D eigenvalue weighted by Gasteiger charge is 2.54. The van der Waals surface area contributed by atoms with Crippen LogP contribution in [0.5, 0.6) is 0 Å². The predicted octanol–water partition coefficient (Wildman–Crippen LogP) is 2.35. The van der Waals surface area contributed by atoms with E-state index >= 15 is 0 Å². The lowest BCUT2D eigenvalue weighted by atomic mass is 9.82. The maximum Gasteiger partial charge on any atom is 0.0920 e. The third-order valence-electron chi connectivity index (χ3n) is 3.21. The first kappa shape index (κ1) is 6.66. The number of epoxide rings is 1. The fraction of sp³-hybridized carbons (Fsp3) is 1.00. The molecule has 1 saturated heterocycles. The Labute approximate surface area is 62.8 Å². The average Bonchev–Trinajstić information content (AvgIpc) is 2.59. The maximum atomic E-state index is 5.60. The van der Waals surface area contributed by atoms with Gasteiger partial charge < -0.3 is 4.74 Å². The van der Waals surface area contributed by atoms with Gasteiger partial charge in [-0.05, 0) is 32.1 Å². The summed E-state index contributed by atoms with van der Waals surface area (Å²) in [6.45, 7) is 4.54. The highest BCUT2D eigenvalue weighted by molar-refractivity contribution is 5.03. The van der Waals surface area contributed by atoms with Crippen molar-refractivity contribution in [2.45, 2.75) is 51.2 Å². The summed E-state index contributed by atoms with van der Waals surface area (Å²) in [5.41, 5.74) is 0.325. The van der Waals surface area contributed by atoms with Gasteiger partial charge in [-0.3, -0.25) is 0 Å². The Kier molecular flexibility index (Phi) is 1.31. The van der Waals surface area contributed by atoms with Crippen LogP contribution in [0, 0.1) is 5.92 Å². The van der Waals surface area contributed by atoms with Gasteiger partial charge in [-0.25, -0.2) is 0 Å². The van der Waals surface area contributed by atoms with Gasteiger partial charge in [0.05, 0.1) is 11.7 Å². The highest BCUT2D eigenvalue weighted by Crippen LogP contribution is 2.49. The van der Waals surface area contributed by atoms with E-state index in [1.807, 2.05) is 0 Å². The summed E-state index contributed by atoms with van der Waals surface area (Å²) in [5, 5.41) is 0. The first-order valence-electron chi connectivity index (χ1n) is 4.42. The monoisotopic (exact) mass is 140 g/mol. The lowest BCUT2D eigenvalue weighted by Gasteiger charge is -2.20. The zero-order chi connectivity index (χ0) is 7.19. The first-order chi connectivity index (χ1) is 4.74. The molecule has 1 heterocycles. The summed E-state index contributed by atoms with van der Waals surface area (Å²) in [6.07, 6.45) is 5.99. The summed E-state index contributed by atoms with van der Waals surface area (Å²) in [5.74, 6) is 0.959. The van der Waals surface area contributed by atoms with E-state index in [2.05, 4.69) is 13.8 Å². The van der Waals surface area contributed by atoms with E-state index in [1.54, 1.807) is 0 Å². The van der Waals surface area contributed by atoms with Crippen LogP contribution in [0.1, 0.15) is 39.5 Å². The van der Waals surface area contributed by atoms with Crippen LogP contribution in [-0.4, -0.2) is 11.7 Å². The van der Waals surface area contributed by atoms with E-state index in [-0.39, 0.29) is 0 Å². The first-order valence-corrected chi connectivity index (χ1v) is 4.42. The van der Waals surface area contributed by atoms with E-state index in [1.165, 1.54) is 25.7 Å². The lowest BCUT2D eigenvalue weighted by molar-refractivity contribution is 0.300. The van der Waals surface area contributed by atoms with Gasteiger partial charge in [0, 0.05) is 0 Å². The summed E-state index contributed by atoms with van der Waals surface area (Å²) >= 11 is 0. The minimum Gasteiger partial charge on any atom is -0.366 e. The summed E-state index contributed by atoms with van der Waals surface area (Å²) < 4.78 is 5.60. The molecule has 0 bridgehead atoms. The molecule has 2 aliphatic rings. The van der Waals surface area contributed by atoms with Crippen LogP contribution in [0.15, 0.2) is 0 Å². The molecule has 2 unspecified atom stereocenters. The van der Waals surface area contributed by atoms with Crippen molar-refractivity contribution in [3.63, 3.8) is 0 Å². The van der Waals surface area contributed by atoms with Crippen molar-refractivity contribution in [2.24, 2.45) is 5.92 Å². The van der Waals surface area contributed by atoms with E-state index in [9.17, 15) is 0 Å². The Hall–Kier alpha value is -0.0400. The van der Waals surface area contributed by atoms with Crippen LogP contribution in [0.3, 0.4) is 0 Å². The van der Waals surface area contributed by atoms with Gasteiger partial charge in [0.1, 0.15) is 0 Å². The van der Waals surface area contributed by atoms with Crippen molar-refractivity contribution in [3.05, 3.63) is 0 Å². The quantitative estimate of drug-likeness (QED) is 0.509. The molecule has 0 radical (unpaired) electrons. The van der Waals surface area contributed by atoms with Crippen LogP contribution in [-0.2, 0) is 4.74 Å². The maximum absolute atomic E-state index is 5.60. The largest absolute Gasteiger partial charge is 0.366 e. The molecule has 58 valence electrons. The van der Waals surface area contributed by atoms with Gasteiger partial charge >= 0.3 is 0 Å². The molecule has 2 rings (SSSR count). The van der Waals surface area contributed by atoms with Crippen molar-refractivity contribution in [2.75, 3.05) is 0 Å². The molecule has 3 atom stereocenters. The molecular formula is C9H16O. The Morgan fingerprint density at radius 3 is 3.00 bits per heavy atom. The number of hydrogen-bond donors (Lipinski definition) is 0. The molecule has 1 nitrogen and oxygen atoms in total. The van der Waals surface area contributed by atoms with Crippen LogP contribution in [0.2, 0.25) is 0 Å². The van der Waals surface area contributed by atoms with Gasteiger partial charge in [0.25, 0.3) is 0 Å². The van der Waals surface area contributed by atoms with E-state index in [4.69, 9.17) is 4.74 Å². The average molecular weight is 140 g/mol. The normalized spacial score (nSPS) is 52.2. The highest BCUT2D eigenvalue weighted by atomic mass is 16.6. The van der Waals surface area contributed by atoms with Crippen LogP contribution >= 0.6 is 0 Å². The molecule has 0 aromatic carbocycles. The molecule has 1 aliphatic carbocycles. The van der Waals surface area contributed by atoms with Gasteiger partial charge in [-0.1, -0.05) is 13.3 Å². The standard InChI is InChI=1S/C9H16O/c1-3-7-4-5-9(2)8(6-7)10-9/h7-8H,3-6H2,1-2H3/t7?,8?,9-/m1/s1.